The molecule has 0 spiro atoms. The van der Waals surface area contributed by atoms with E-state index in [0.717, 1.165) is 0 Å². The zero-order chi connectivity index (χ0) is 8.74. The van der Waals surface area contributed by atoms with Gasteiger partial charge in [-0.15, -0.1) is 0 Å². The van der Waals surface area contributed by atoms with Crippen LogP contribution in [0.4, 0.5) is 0 Å². The zero-order valence-corrected chi connectivity index (χ0v) is 8.85. The summed E-state index contributed by atoms with van der Waals surface area (Å²) >= 11 is 1.74. The smallest absolute Gasteiger partial charge is 0.0239 e. The first kappa shape index (κ1) is 10.9. The van der Waals surface area contributed by atoms with Gasteiger partial charge in [-0.2, -0.15) is 0 Å². The van der Waals surface area contributed by atoms with E-state index in [1.165, 1.54) is 18.6 Å². The fourth-order valence-corrected chi connectivity index (χ4v) is 1.37. The van der Waals surface area contributed by atoms with Crippen LogP contribution >= 0.6 is 11.8 Å². The highest BCUT2D eigenvalue weighted by Gasteiger charge is 2.02. The van der Waals surface area contributed by atoms with Crippen molar-refractivity contribution in [2.45, 2.75) is 40.5 Å². The van der Waals surface area contributed by atoms with Crippen LogP contribution < -0.4 is 0 Å². The maximum absolute atomic E-state index is 3.19. The van der Waals surface area contributed by atoms with Gasteiger partial charge in [0.25, 0.3) is 0 Å². The third-order valence-corrected chi connectivity index (χ3v) is 1.84. The molecule has 0 fully saturated rings. The molecule has 0 radical (unpaired) electrons. The number of rotatable bonds is 3. The summed E-state index contributed by atoms with van der Waals surface area (Å²) < 4.78 is 0. The van der Waals surface area contributed by atoms with Gasteiger partial charge in [0.15, 0.2) is 0 Å². The Kier molecular flexibility index (Phi) is 5.50. The molecule has 0 saturated carbocycles. The van der Waals surface area contributed by atoms with E-state index in [4.69, 9.17) is 0 Å². The molecule has 0 bridgehead atoms. The third kappa shape index (κ3) is 9.91. The lowest BCUT2D eigenvalue weighted by atomic mass is 9.99. The second-order valence-electron chi connectivity index (χ2n) is 3.68. The fraction of sp³-hybridized carbons (Fsp3) is 0.800. The molecule has 64 valence electrons. The Hall–Kier alpha value is -0.0900. The van der Waals surface area contributed by atoms with Gasteiger partial charge in [0, 0.05) is 11.2 Å². The van der Waals surface area contributed by atoms with Gasteiger partial charge in [0.2, 0.25) is 0 Å². The molecule has 0 aliphatic heterocycles. The van der Waals surface area contributed by atoms with E-state index in [1.807, 2.05) is 0 Å². The second kappa shape index (κ2) is 5.55. The van der Waals surface area contributed by atoms with E-state index < -0.39 is 0 Å². The highest BCUT2D eigenvalue weighted by atomic mass is 32.2. The van der Waals surface area contributed by atoms with Crippen LogP contribution in [-0.4, -0.2) is 5.75 Å². The molecule has 0 aliphatic carbocycles. The van der Waals surface area contributed by atoms with Gasteiger partial charge in [-0.05, 0) is 32.4 Å². The number of unbranched alkanes of at least 4 members (excludes halogenated alkanes) is 1. The molecule has 0 atom stereocenters. The second-order valence-corrected chi connectivity index (χ2v) is 4.58. The van der Waals surface area contributed by atoms with Crippen LogP contribution in [0.3, 0.4) is 0 Å². The molecule has 11 heavy (non-hydrogen) atoms. The molecular weight excluding hydrogens is 152 g/mol. The molecule has 0 rings (SSSR count). The number of hydrogen-bond acceptors (Lipinski definition) is 1. The van der Waals surface area contributed by atoms with Crippen LogP contribution in [-0.2, 0) is 0 Å². The molecule has 0 nitrogen and oxygen atoms in total. The predicted octanol–water partition coefficient (Wildman–Crippen LogP) is 3.53. The molecular formula is C10H18S. The highest BCUT2D eigenvalue weighted by Crippen LogP contribution is 2.11. The van der Waals surface area contributed by atoms with E-state index in [2.05, 4.69) is 38.9 Å². The van der Waals surface area contributed by atoms with Gasteiger partial charge in [-0.3, -0.25) is 0 Å². The van der Waals surface area contributed by atoms with Crippen LogP contribution in [0.1, 0.15) is 40.5 Å². The average Bonchev–Trinajstić information content (AvgIpc) is 1.85. The minimum Gasteiger partial charge on any atom is -0.0853 e. The molecule has 0 aromatic heterocycles. The number of thioether (sulfide) groups is 1. The van der Waals surface area contributed by atoms with Gasteiger partial charge in [-0.1, -0.05) is 31.0 Å². The van der Waals surface area contributed by atoms with E-state index in [0.29, 0.717) is 0 Å². The Bertz CT molecular complexity index is 142. The molecule has 0 saturated heterocycles. The Morgan fingerprint density at radius 2 is 1.91 bits per heavy atom. The van der Waals surface area contributed by atoms with E-state index in [9.17, 15) is 0 Å². The van der Waals surface area contributed by atoms with Crippen LogP contribution in [0.25, 0.3) is 0 Å². The summed E-state index contributed by atoms with van der Waals surface area (Å²) in [5.41, 5.74) is 0.166. The van der Waals surface area contributed by atoms with Gasteiger partial charge in [-0.25, -0.2) is 0 Å². The molecule has 1 heteroatoms. The monoisotopic (exact) mass is 170 g/mol. The Balaban J connectivity index is 3.41. The quantitative estimate of drug-likeness (QED) is 0.461. The van der Waals surface area contributed by atoms with Crippen LogP contribution in [0.15, 0.2) is 0 Å². The topological polar surface area (TPSA) is 0 Å². The normalized spacial score (nSPS) is 10.5. The van der Waals surface area contributed by atoms with Crippen LogP contribution in [0, 0.1) is 16.6 Å². The maximum atomic E-state index is 3.19. The molecule has 0 unspecified atom stereocenters. The van der Waals surface area contributed by atoms with Gasteiger partial charge in [0.05, 0.1) is 0 Å². The van der Waals surface area contributed by atoms with Crippen molar-refractivity contribution in [3.05, 3.63) is 0 Å². The van der Waals surface area contributed by atoms with Crippen molar-refractivity contribution >= 4 is 11.8 Å². The van der Waals surface area contributed by atoms with Crippen molar-refractivity contribution < 1.29 is 0 Å². The summed E-state index contributed by atoms with van der Waals surface area (Å²) in [6.07, 6.45) is 2.55. The third-order valence-electron chi connectivity index (χ3n) is 1.10. The van der Waals surface area contributed by atoms with E-state index in [1.54, 1.807) is 11.8 Å². The minimum absolute atomic E-state index is 0.166. The minimum atomic E-state index is 0.166. The SMILES string of the molecule is CCCCSC#CC(C)(C)C. The summed E-state index contributed by atoms with van der Waals surface area (Å²) in [6, 6.07) is 0. The van der Waals surface area contributed by atoms with Gasteiger partial charge in [0.1, 0.15) is 0 Å². The van der Waals surface area contributed by atoms with E-state index >= 15 is 0 Å². The van der Waals surface area contributed by atoms with Crippen molar-refractivity contribution in [1.29, 1.82) is 0 Å². The van der Waals surface area contributed by atoms with Crippen molar-refractivity contribution in [2.24, 2.45) is 5.41 Å². The van der Waals surface area contributed by atoms with Crippen molar-refractivity contribution in [2.75, 3.05) is 5.75 Å². The standard InChI is InChI=1S/C10H18S/c1-5-6-8-11-9-7-10(2,3)4/h5-6,8H2,1-4H3. The number of hydrogen-bond donors (Lipinski definition) is 0. The predicted molar refractivity (Wildman–Crippen MR) is 54.6 cm³/mol. The van der Waals surface area contributed by atoms with Gasteiger partial charge < -0.3 is 0 Å². The maximum Gasteiger partial charge on any atom is 0.0239 e. The Morgan fingerprint density at radius 1 is 1.27 bits per heavy atom. The highest BCUT2D eigenvalue weighted by molar-refractivity contribution is 8.03. The van der Waals surface area contributed by atoms with Crippen molar-refractivity contribution in [3.8, 4) is 11.2 Å². The lowest BCUT2D eigenvalue weighted by Crippen LogP contribution is -1.98. The average molecular weight is 170 g/mol. The molecule has 0 aromatic rings. The summed E-state index contributed by atoms with van der Waals surface area (Å²) in [5, 5.41) is 3.13. The zero-order valence-electron chi connectivity index (χ0n) is 8.03. The largest absolute Gasteiger partial charge is 0.0853 e. The van der Waals surface area contributed by atoms with Crippen LogP contribution in [0.5, 0.6) is 0 Å². The van der Waals surface area contributed by atoms with Gasteiger partial charge >= 0.3 is 0 Å². The summed E-state index contributed by atoms with van der Waals surface area (Å²) in [6.45, 7) is 8.62. The molecule has 0 aliphatic rings. The Morgan fingerprint density at radius 3 is 2.36 bits per heavy atom. The summed E-state index contributed by atoms with van der Waals surface area (Å²) in [5.74, 6) is 4.37. The summed E-state index contributed by atoms with van der Waals surface area (Å²) in [4.78, 5) is 0. The molecule has 0 aromatic carbocycles. The fourth-order valence-electron chi connectivity index (χ4n) is 0.457. The van der Waals surface area contributed by atoms with Crippen molar-refractivity contribution in [3.63, 3.8) is 0 Å². The van der Waals surface area contributed by atoms with E-state index in [-0.39, 0.29) is 5.41 Å². The molecule has 0 amide bonds. The van der Waals surface area contributed by atoms with Crippen LogP contribution in [0.2, 0.25) is 0 Å². The Labute approximate surface area is 75.1 Å². The van der Waals surface area contributed by atoms with Crippen molar-refractivity contribution in [1.82, 2.24) is 0 Å². The first-order valence-electron chi connectivity index (χ1n) is 4.20. The lowest BCUT2D eigenvalue weighted by molar-refractivity contribution is 0.571. The first-order valence-corrected chi connectivity index (χ1v) is 5.19. The molecule has 0 N–H and O–H groups in total. The molecule has 0 heterocycles. The lowest BCUT2D eigenvalue weighted by Gasteiger charge is -2.06. The first-order chi connectivity index (χ1) is 5.06. The summed E-state index contributed by atoms with van der Waals surface area (Å²) in [7, 11) is 0.